The molecule has 1 aromatic carbocycles. The minimum Gasteiger partial charge on any atom is -0.496 e. The second-order valence-corrected chi connectivity index (χ2v) is 4.96. The van der Waals surface area contributed by atoms with Crippen LogP contribution < -0.4 is 4.74 Å². The second-order valence-electron chi connectivity index (χ2n) is 3.39. The van der Waals surface area contributed by atoms with Crippen molar-refractivity contribution in [1.29, 1.82) is 0 Å². The predicted octanol–water partition coefficient (Wildman–Crippen LogP) is 3.38. The average molecular weight is 268 g/mol. The molecule has 3 nitrogen and oxygen atoms in total. The van der Waals surface area contributed by atoms with E-state index in [2.05, 4.69) is 12.6 Å². The van der Waals surface area contributed by atoms with Crippen LogP contribution in [0.2, 0.25) is 0 Å². The Balaban J connectivity index is 2.47. The van der Waals surface area contributed by atoms with Gasteiger partial charge in [-0.2, -0.15) is 0 Å². The fraction of sp³-hybridized carbons (Fsp3) is 0.250. The minimum absolute atomic E-state index is 0.284. The van der Waals surface area contributed by atoms with Crippen molar-refractivity contribution in [2.45, 2.75) is 11.8 Å². The zero-order valence-corrected chi connectivity index (χ0v) is 11.2. The maximum absolute atomic E-state index is 11.6. The van der Waals surface area contributed by atoms with E-state index in [1.54, 1.807) is 14.0 Å². The average Bonchev–Trinajstić information content (AvgIpc) is 2.71. The van der Waals surface area contributed by atoms with E-state index in [4.69, 9.17) is 9.47 Å². The molecule has 0 aliphatic carbocycles. The number of carbonyl (C=O) groups is 1. The Hall–Kier alpha value is -1.20. The van der Waals surface area contributed by atoms with Crippen LogP contribution in [0.15, 0.2) is 23.1 Å². The van der Waals surface area contributed by atoms with Gasteiger partial charge in [0.1, 0.15) is 10.6 Å². The lowest BCUT2D eigenvalue weighted by Gasteiger charge is -2.02. The highest BCUT2D eigenvalue weighted by Gasteiger charge is 2.12. The molecular formula is C12H12O3S2. The van der Waals surface area contributed by atoms with E-state index in [0.29, 0.717) is 17.2 Å². The van der Waals surface area contributed by atoms with Crippen LogP contribution in [0.5, 0.6) is 5.75 Å². The third-order valence-corrected chi connectivity index (χ3v) is 3.72. The van der Waals surface area contributed by atoms with Gasteiger partial charge >= 0.3 is 5.97 Å². The number of methoxy groups -OCH3 is 1. The number of benzene rings is 1. The van der Waals surface area contributed by atoms with Gasteiger partial charge in [-0.3, -0.25) is 0 Å². The molecule has 2 aromatic rings. The highest BCUT2D eigenvalue weighted by Crippen LogP contribution is 2.33. The molecule has 0 unspecified atom stereocenters. The second kappa shape index (κ2) is 4.98. The fourth-order valence-corrected chi connectivity index (χ4v) is 2.78. The molecule has 5 heteroatoms. The van der Waals surface area contributed by atoms with Crippen molar-refractivity contribution >= 4 is 40.0 Å². The summed E-state index contributed by atoms with van der Waals surface area (Å²) in [6.45, 7) is 2.17. The summed E-state index contributed by atoms with van der Waals surface area (Å²) in [5.74, 6) is 0.423. The topological polar surface area (TPSA) is 35.5 Å². The van der Waals surface area contributed by atoms with E-state index in [0.717, 1.165) is 15.0 Å². The molecule has 1 aromatic heterocycles. The van der Waals surface area contributed by atoms with Gasteiger partial charge in [-0.1, -0.05) is 0 Å². The minimum atomic E-state index is -0.284. The number of hydrogen-bond acceptors (Lipinski definition) is 5. The third-order valence-electron chi connectivity index (χ3n) is 2.29. The molecule has 0 amide bonds. The number of fused-ring (bicyclic) bond motifs is 1. The Labute approximate surface area is 109 Å². The molecule has 0 aliphatic rings. The van der Waals surface area contributed by atoms with Crippen LogP contribution in [0.3, 0.4) is 0 Å². The van der Waals surface area contributed by atoms with Gasteiger partial charge in [0.25, 0.3) is 0 Å². The summed E-state index contributed by atoms with van der Waals surface area (Å²) in [6.07, 6.45) is 0. The summed E-state index contributed by atoms with van der Waals surface area (Å²) < 4.78 is 11.1. The molecule has 0 radical (unpaired) electrons. The molecule has 0 aliphatic heterocycles. The third kappa shape index (κ3) is 2.40. The molecule has 0 saturated carbocycles. The highest BCUT2D eigenvalue weighted by atomic mass is 32.1. The zero-order valence-electron chi connectivity index (χ0n) is 9.52. The normalized spacial score (nSPS) is 10.5. The van der Waals surface area contributed by atoms with Crippen molar-refractivity contribution in [3.05, 3.63) is 23.1 Å². The predicted molar refractivity (Wildman–Crippen MR) is 71.6 cm³/mol. The molecule has 0 fully saturated rings. The Kier molecular flexibility index (Phi) is 3.59. The van der Waals surface area contributed by atoms with Gasteiger partial charge in [-0.05, 0) is 30.5 Å². The van der Waals surface area contributed by atoms with E-state index in [9.17, 15) is 4.79 Å². The van der Waals surface area contributed by atoms with Crippen LogP contribution >= 0.6 is 24.0 Å². The molecule has 17 heavy (non-hydrogen) atoms. The van der Waals surface area contributed by atoms with E-state index >= 15 is 0 Å². The number of thiophene rings is 1. The van der Waals surface area contributed by atoms with Crippen molar-refractivity contribution < 1.29 is 14.3 Å². The van der Waals surface area contributed by atoms with Gasteiger partial charge in [0.05, 0.1) is 13.7 Å². The summed E-state index contributed by atoms with van der Waals surface area (Å²) >= 11 is 5.71. The lowest BCUT2D eigenvalue weighted by Crippen LogP contribution is -2.01. The van der Waals surface area contributed by atoms with Crippen molar-refractivity contribution in [3.63, 3.8) is 0 Å². The molecule has 1 heterocycles. The van der Waals surface area contributed by atoms with Gasteiger partial charge in [-0.15, -0.1) is 24.0 Å². The summed E-state index contributed by atoms with van der Waals surface area (Å²) in [5, 5.41) is 0.976. The zero-order chi connectivity index (χ0) is 12.4. The smallest absolute Gasteiger partial charge is 0.348 e. The van der Waals surface area contributed by atoms with Crippen molar-refractivity contribution in [2.75, 3.05) is 13.7 Å². The van der Waals surface area contributed by atoms with Crippen LogP contribution in [-0.2, 0) is 4.74 Å². The van der Waals surface area contributed by atoms with Gasteiger partial charge in [0.2, 0.25) is 0 Å². The Bertz CT molecular complexity index is 560. The van der Waals surface area contributed by atoms with E-state index in [-0.39, 0.29) is 5.97 Å². The van der Waals surface area contributed by atoms with Gasteiger partial charge < -0.3 is 9.47 Å². The standard InChI is InChI=1S/C12H12O3S2/c1-3-15-12(13)11-5-7-4-9(16)8(14-2)6-10(7)17-11/h4-6,16H,3H2,1-2H3. The van der Waals surface area contributed by atoms with E-state index in [1.807, 2.05) is 18.2 Å². The molecule has 90 valence electrons. The van der Waals surface area contributed by atoms with Crippen molar-refractivity contribution in [3.8, 4) is 5.75 Å². The molecule has 0 bridgehead atoms. The SMILES string of the molecule is CCOC(=O)c1cc2cc(S)c(OC)cc2s1. The van der Waals surface area contributed by atoms with Crippen LogP contribution in [0.25, 0.3) is 10.1 Å². The fourth-order valence-electron chi connectivity index (χ4n) is 1.52. The Morgan fingerprint density at radius 1 is 1.41 bits per heavy atom. The van der Waals surface area contributed by atoms with Crippen molar-refractivity contribution in [2.24, 2.45) is 0 Å². The first-order valence-corrected chi connectivity index (χ1v) is 6.39. The monoisotopic (exact) mass is 268 g/mol. The van der Waals surface area contributed by atoms with Gasteiger partial charge in [0.15, 0.2) is 0 Å². The summed E-state index contributed by atoms with van der Waals surface area (Å²) in [5.41, 5.74) is 0. The molecule has 0 saturated heterocycles. The Morgan fingerprint density at radius 3 is 2.82 bits per heavy atom. The highest BCUT2D eigenvalue weighted by molar-refractivity contribution is 7.80. The Morgan fingerprint density at radius 2 is 2.18 bits per heavy atom. The first kappa shape index (κ1) is 12.3. The lowest BCUT2D eigenvalue weighted by atomic mass is 10.2. The summed E-state index contributed by atoms with van der Waals surface area (Å²) in [6, 6.07) is 5.58. The molecule has 0 N–H and O–H groups in total. The maximum atomic E-state index is 11.6. The molecule has 0 atom stereocenters. The first-order valence-electron chi connectivity index (χ1n) is 5.13. The largest absolute Gasteiger partial charge is 0.496 e. The summed E-state index contributed by atoms with van der Waals surface area (Å²) in [7, 11) is 1.60. The van der Waals surface area contributed by atoms with E-state index in [1.165, 1.54) is 11.3 Å². The molecule has 2 rings (SSSR count). The van der Waals surface area contributed by atoms with Crippen LogP contribution in [0, 0.1) is 0 Å². The number of hydrogen-bond donors (Lipinski definition) is 1. The number of esters is 1. The van der Waals surface area contributed by atoms with Crippen LogP contribution in [-0.4, -0.2) is 19.7 Å². The van der Waals surface area contributed by atoms with Crippen LogP contribution in [0.1, 0.15) is 16.6 Å². The summed E-state index contributed by atoms with van der Waals surface area (Å²) in [4.78, 5) is 12.9. The molecular weight excluding hydrogens is 256 g/mol. The van der Waals surface area contributed by atoms with Crippen molar-refractivity contribution in [1.82, 2.24) is 0 Å². The number of rotatable bonds is 3. The van der Waals surface area contributed by atoms with Gasteiger partial charge in [-0.25, -0.2) is 4.79 Å². The number of carbonyl (C=O) groups excluding carboxylic acids is 1. The maximum Gasteiger partial charge on any atom is 0.348 e. The van der Waals surface area contributed by atoms with E-state index < -0.39 is 0 Å². The molecule has 0 spiro atoms. The van der Waals surface area contributed by atoms with Crippen LogP contribution in [0.4, 0.5) is 0 Å². The van der Waals surface area contributed by atoms with Gasteiger partial charge in [0, 0.05) is 9.60 Å². The first-order chi connectivity index (χ1) is 8.15. The number of thiol groups is 1. The quantitative estimate of drug-likeness (QED) is 0.684. The number of ether oxygens (including phenoxy) is 2. The lowest BCUT2D eigenvalue weighted by molar-refractivity contribution is 0.0532.